The maximum absolute atomic E-state index is 13.1. The first-order chi connectivity index (χ1) is 10.2. The molecule has 0 bridgehead atoms. The summed E-state index contributed by atoms with van der Waals surface area (Å²) in [6.45, 7) is 2.56. The van der Waals surface area contributed by atoms with Gasteiger partial charge in [0.15, 0.2) is 5.82 Å². The normalized spacial score (nSPS) is 15.7. The highest BCUT2D eigenvalue weighted by Gasteiger charge is 2.14. The van der Waals surface area contributed by atoms with Crippen molar-refractivity contribution in [3.8, 4) is 0 Å². The summed E-state index contributed by atoms with van der Waals surface area (Å²) >= 11 is 0. The van der Waals surface area contributed by atoms with Crippen molar-refractivity contribution in [3.05, 3.63) is 29.8 Å². The van der Waals surface area contributed by atoms with Crippen molar-refractivity contribution in [3.63, 3.8) is 0 Å². The fourth-order valence-corrected chi connectivity index (χ4v) is 2.48. The van der Waals surface area contributed by atoms with E-state index in [0.717, 1.165) is 25.9 Å². The van der Waals surface area contributed by atoms with Crippen molar-refractivity contribution in [1.82, 2.24) is 26.1 Å². The lowest BCUT2D eigenvalue weighted by atomic mass is 10.1. The maximum Gasteiger partial charge on any atom is 0.287 e. The van der Waals surface area contributed by atoms with Crippen LogP contribution in [0.2, 0.25) is 0 Å². The Hall–Kier alpha value is -1.99. The van der Waals surface area contributed by atoms with Gasteiger partial charge in [-0.3, -0.25) is 15.6 Å². The second kappa shape index (κ2) is 6.19. The van der Waals surface area contributed by atoms with Crippen LogP contribution >= 0.6 is 0 Å². The highest BCUT2D eigenvalue weighted by Crippen LogP contribution is 2.13. The molecular formula is C14H18FN5O. The minimum atomic E-state index is -0.350. The summed E-state index contributed by atoms with van der Waals surface area (Å²) in [5.41, 5.74) is 7.29. The number of nitrogens with zero attached hydrogens (tertiary/aromatic N) is 1. The van der Waals surface area contributed by atoms with Crippen LogP contribution in [0.15, 0.2) is 18.2 Å². The molecule has 0 unspecified atom stereocenters. The van der Waals surface area contributed by atoms with E-state index in [1.807, 2.05) is 0 Å². The molecule has 1 aliphatic heterocycles. The van der Waals surface area contributed by atoms with Crippen molar-refractivity contribution < 1.29 is 9.18 Å². The lowest BCUT2D eigenvalue weighted by Crippen LogP contribution is -2.26. The third kappa shape index (κ3) is 3.37. The van der Waals surface area contributed by atoms with Crippen molar-refractivity contribution in [2.45, 2.75) is 12.8 Å². The summed E-state index contributed by atoms with van der Waals surface area (Å²) < 4.78 is 13.1. The number of H-pyrrole nitrogens is 1. The fraction of sp³-hybridized carbons (Fsp3) is 0.429. The van der Waals surface area contributed by atoms with Gasteiger partial charge in [-0.25, -0.2) is 9.37 Å². The Bertz CT molecular complexity index is 635. The minimum Gasteiger partial charge on any atom is -0.349 e. The van der Waals surface area contributed by atoms with Crippen molar-refractivity contribution in [2.75, 3.05) is 19.6 Å². The zero-order chi connectivity index (χ0) is 14.7. The van der Waals surface area contributed by atoms with E-state index in [2.05, 4.69) is 26.1 Å². The van der Waals surface area contributed by atoms with E-state index in [-0.39, 0.29) is 17.5 Å². The van der Waals surface area contributed by atoms with Crippen LogP contribution in [0.4, 0.5) is 4.39 Å². The molecule has 6 nitrogen and oxygen atoms in total. The summed E-state index contributed by atoms with van der Waals surface area (Å²) in [6, 6.07) is 4.21. The van der Waals surface area contributed by atoms with Gasteiger partial charge in [0.1, 0.15) is 5.82 Å². The summed E-state index contributed by atoms with van der Waals surface area (Å²) in [7, 11) is 0. The standard InChI is InChI=1S/C14H18FN5O/c15-10-3-4-11-12(6-10)20-13(19-11)14(21)16-5-1-2-9-7-17-18-8-9/h3-4,6,9,17-18H,1-2,5,7-8H2,(H,16,21)(H,19,20). The van der Waals surface area contributed by atoms with Gasteiger partial charge in [-0.15, -0.1) is 0 Å². The van der Waals surface area contributed by atoms with Crippen LogP contribution in [-0.4, -0.2) is 35.5 Å². The van der Waals surface area contributed by atoms with E-state index in [1.165, 1.54) is 12.1 Å². The average Bonchev–Trinajstić information content (AvgIpc) is 3.11. The zero-order valence-electron chi connectivity index (χ0n) is 11.6. The molecule has 1 fully saturated rings. The summed E-state index contributed by atoms with van der Waals surface area (Å²) in [5.74, 6) is 0.238. The van der Waals surface area contributed by atoms with E-state index in [9.17, 15) is 9.18 Å². The van der Waals surface area contributed by atoms with Gasteiger partial charge in [-0.2, -0.15) is 0 Å². The van der Waals surface area contributed by atoms with Crippen LogP contribution in [-0.2, 0) is 0 Å². The number of hydrogen-bond donors (Lipinski definition) is 4. The maximum atomic E-state index is 13.1. The molecule has 1 amide bonds. The first-order valence-electron chi connectivity index (χ1n) is 7.11. The largest absolute Gasteiger partial charge is 0.349 e. The third-order valence-corrected chi connectivity index (χ3v) is 3.64. The molecule has 2 heterocycles. The number of benzene rings is 1. The van der Waals surface area contributed by atoms with E-state index in [4.69, 9.17) is 0 Å². The fourth-order valence-electron chi connectivity index (χ4n) is 2.48. The number of fused-ring (bicyclic) bond motifs is 1. The lowest BCUT2D eigenvalue weighted by Gasteiger charge is -2.07. The van der Waals surface area contributed by atoms with Gasteiger partial charge in [0.25, 0.3) is 5.91 Å². The Balaban J connectivity index is 1.51. The van der Waals surface area contributed by atoms with E-state index in [1.54, 1.807) is 6.07 Å². The second-order valence-corrected chi connectivity index (χ2v) is 5.27. The van der Waals surface area contributed by atoms with Crippen molar-refractivity contribution in [2.24, 2.45) is 5.92 Å². The number of halogens is 1. The molecule has 7 heteroatoms. The molecular weight excluding hydrogens is 273 g/mol. The zero-order valence-corrected chi connectivity index (χ0v) is 11.6. The van der Waals surface area contributed by atoms with Crippen LogP contribution in [0, 0.1) is 11.7 Å². The highest BCUT2D eigenvalue weighted by atomic mass is 19.1. The first kappa shape index (κ1) is 14.0. The molecule has 1 saturated heterocycles. The van der Waals surface area contributed by atoms with Gasteiger partial charge < -0.3 is 10.3 Å². The third-order valence-electron chi connectivity index (χ3n) is 3.64. The number of imidazole rings is 1. The Morgan fingerprint density at radius 3 is 3.00 bits per heavy atom. The minimum absolute atomic E-state index is 0.222. The molecule has 0 spiro atoms. The summed E-state index contributed by atoms with van der Waals surface area (Å²) in [6.07, 6.45) is 1.99. The van der Waals surface area contributed by atoms with Crippen LogP contribution < -0.4 is 16.2 Å². The Morgan fingerprint density at radius 1 is 1.38 bits per heavy atom. The van der Waals surface area contributed by atoms with Crippen molar-refractivity contribution in [1.29, 1.82) is 0 Å². The number of carbonyl (C=O) groups excluding carboxylic acids is 1. The van der Waals surface area contributed by atoms with E-state index >= 15 is 0 Å². The topological polar surface area (TPSA) is 81.8 Å². The molecule has 0 saturated carbocycles. The predicted molar refractivity (Wildman–Crippen MR) is 77.1 cm³/mol. The van der Waals surface area contributed by atoms with E-state index in [0.29, 0.717) is 23.5 Å². The summed E-state index contributed by atoms with van der Waals surface area (Å²) in [4.78, 5) is 19.0. The molecule has 2 aromatic rings. The molecule has 0 aliphatic carbocycles. The van der Waals surface area contributed by atoms with Crippen LogP contribution in [0.3, 0.4) is 0 Å². The number of hydrazine groups is 1. The van der Waals surface area contributed by atoms with Gasteiger partial charge in [0.05, 0.1) is 11.0 Å². The number of carbonyl (C=O) groups is 1. The van der Waals surface area contributed by atoms with Gasteiger partial charge in [-0.05, 0) is 37.0 Å². The first-order valence-corrected chi connectivity index (χ1v) is 7.11. The highest BCUT2D eigenvalue weighted by molar-refractivity contribution is 5.94. The number of nitrogens with one attached hydrogen (secondary N) is 4. The molecule has 3 rings (SSSR count). The van der Waals surface area contributed by atoms with Crippen LogP contribution in [0.5, 0.6) is 0 Å². The van der Waals surface area contributed by atoms with Crippen LogP contribution in [0.25, 0.3) is 11.0 Å². The van der Waals surface area contributed by atoms with Gasteiger partial charge >= 0.3 is 0 Å². The number of amides is 1. The van der Waals surface area contributed by atoms with Gasteiger partial charge in [0.2, 0.25) is 0 Å². The number of hydrogen-bond acceptors (Lipinski definition) is 4. The summed E-state index contributed by atoms with van der Waals surface area (Å²) in [5, 5.41) is 2.83. The number of aromatic amines is 1. The number of aromatic nitrogens is 2. The monoisotopic (exact) mass is 291 g/mol. The molecule has 1 aromatic heterocycles. The molecule has 112 valence electrons. The average molecular weight is 291 g/mol. The van der Waals surface area contributed by atoms with Gasteiger partial charge in [-0.1, -0.05) is 0 Å². The Morgan fingerprint density at radius 2 is 2.19 bits per heavy atom. The second-order valence-electron chi connectivity index (χ2n) is 5.27. The molecule has 1 aromatic carbocycles. The molecule has 4 N–H and O–H groups in total. The van der Waals surface area contributed by atoms with Crippen LogP contribution in [0.1, 0.15) is 23.5 Å². The molecule has 21 heavy (non-hydrogen) atoms. The SMILES string of the molecule is O=C(NCCCC1CNNC1)c1nc2ccc(F)cc2[nH]1. The van der Waals surface area contributed by atoms with E-state index < -0.39 is 0 Å². The molecule has 1 aliphatic rings. The quantitative estimate of drug-likeness (QED) is 0.618. The smallest absolute Gasteiger partial charge is 0.287 e. The van der Waals surface area contributed by atoms with Gasteiger partial charge in [0, 0.05) is 19.6 Å². The Labute approximate surface area is 121 Å². The predicted octanol–water partition coefficient (Wildman–Crippen LogP) is 0.936. The number of rotatable bonds is 5. The van der Waals surface area contributed by atoms with Crippen molar-refractivity contribution >= 4 is 16.9 Å². The lowest BCUT2D eigenvalue weighted by molar-refractivity contribution is 0.0943. The molecule has 0 atom stereocenters. The Kier molecular flexibility index (Phi) is 4.12. The molecule has 0 radical (unpaired) electrons.